The Morgan fingerprint density at radius 2 is 2.00 bits per heavy atom. The molecule has 4 heteroatoms. The van der Waals surface area contributed by atoms with Gasteiger partial charge in [-0.2, -0.15) is 0 Å². The first kappa shape index (κ1) is 13.8. The van der Waals surface area contributed by atoms with E-state index in [1.54, 1.807) is 31.5 Å². The quantitative estimate of drug-likeness (QED) is 0.659. The van der Waals surface area contributed by atoms with E-state index in [9.17, 15) is 4.79 Å². The standard InChI is InChI=1S/C16H17N3O/c1-18-11-14-8-7-13(9-15(14)17)16(20)19-10-12-5-3-2-4-6-12/h2-9,11H,10,17H2,1H3,(H,19,20). The van der Waals surface area contributed by atoms with Crippen molar-refractivity contribution in [2.45, 2.75) is 6.54 Å². The first-order valence-electron chi connectivity index (χ1n) is 6.34. The van der Waals surface area contributed by atoms with Crippen molar-refractivity contribution in [1.29, 1.82) is 0 Å². The maximum atomic E-state index is 12.0. The summed E-state index contributed by atoms with van der Waals surface area (Å²) in [6.45, 7) is 0.498. The fourth-order valence-corrected chi connectivity index (χ4v) is 1.85. The number of anilines is 1. The fraction of sp³-hybridized carbons (Fsp3) is 0.125. The highest BCUT2D eigenvalue weighted by Gasteiger charge is 2.07. The molecule has 0 aliphatic rings. The molecule has 2 aromatic rings. The molecule has 2 aromatic carbocycles. The molecule has 0 aliphatic heterocycles. The van der Waals surface area contributed by atoms with Crippen LogP contribution in [-0.2, 0) is 6.54 Å². The number of benzene rings is 2. The van der Waals surface area contributed by atoms with Gasteiger partial charge in [-0.1, -0.05) is 36.4 Å². The van der Waals surface area contributed by atoms with E-state index in [-0.39, 0.29) is 5.91 Å². The molecule has 102 valence electrons. The van der Waals surface area contributed by atoms with E-state index in [4.69, 9.17) is 5.73 Å². The summed E-state index contributed by atoms with van der Waals surface area (Å²) in [6.07, 6.45) is 1.67. The van der Waals surface area contributed by atoms with Gasteiger partial charge < -0.3 is 11.1 Å². The summed E-state index contributed by atoms with van der Waals surface area (Å²) in [7, 11) is 1.68. The van der Waals surface area contributed by atoms with E-state index >= 15 is 0 Å². The normalized spacial score (nSPS) is 10.7. The Morgan fingerprint density at radius 1 is 1.25 bits per heavy atom. The minimum atomic E-state index is -0.138. The minimum absolute atomic E-state index is 0.138. The van der Waals surface area contributed by atoms with Crippen molar-refractivity contribution < 1.29 is 4.79 Å². The Bertz CT molecular complexity index is 621. The lowest BCUT2D eigenvalue weighted by Crippen LogP contribution is -2.22. The van der Waals surface area contributed by atoms with Crippen molar-refractivity contribution >= 4 is 17.8 Å². The number of hydrogen-bond acceptors (Lipinski definition) is 3. The average Bonchev–Trinajstić information content (AvgIpc) is 2.48. The lowest BCUT2D eigenvalue weighted by molar-refractivity contribution is 0.0951. The molecule has 0 spiro atoms. The third-order valence-corrected chi connectivity index (χ3v) is 2.91. The molecule has 0 aliphatic carbocycles. The molecule has 3 N–H and O–H groups in total. The molecule has 4 nitrogen and oxygen atoms in total. The van der Waals surface area contributed by atoms with Gasteiger partial charge in [0.15, 0.2) is 0 Å². The van der Waals surface area contributed by atoms with Crippen LogP contribution in [0.4, 0.5) is 5.69 Å². The van der Waals surface area contributed by atoms with Crippen molar-refractivity contribution in [2.75, 3.05) is 12.8 Å². The number of nitrogen functional groups attached to an aromatic ring is 1. The van der Waals surface area contributed by atoms with Crippen LogP contribution in [0.15, 0.2) is 53.5 Å². The molecule has 20 heavy (non-hydrogen) atoms. The SMILES string of the molecule is CN=Cc1ccc(C(=O)NCc2ccccc2)cc1N. The number of amides is 1. The highest BCUT2D eigenvalue weighted by molar-refractivity contribution is 5.97. The summed E-state index contributed by atoms with van der Waals surface area (Å²) in [5, 5.41) is 2.87. The summed E-state index contributed by atoms with van der Waals surface area (Å²) in [5.41, 5.74) is 8.84. The first-order chi connectivity index (χ1) is 9.70. The van der Waals surface area contributed by atoms with Crippen LogP contribution in [0.1, 0.15) is 21.5 Å². The average molecular weight is 267 g/mol. The van der Waals surface area contributed by atoms with Crippen LogP contribution in [0.5, 0.6) is 0 Å². The fourth-order valence-electron chi connectivity index (χ4n) is 1.85. The smallest absolute Gasteiger partial charge is 0.251 e. The molecule has 0 radical (unpaired) electrons. The number of carbonyl (C=O) groups is 1. The molecule has 0 heterocycles. The van der Waals surface area contributed by atoms with Crippen LogP contribution in [0.3, 0.4) is 0 Å². The van der Waals surface area contributed by atoms with Crippen molar-refractivity contribution in [3.8, 4) is 0 Å². The topological polar surface area (TPSA) is 67.5 Å². The molecule has 0 saturated carbocycles. The predicted octanol–water partition coefficient (Wildman–Crippen LogP) is 2.25. The minimum Gasteiger partial charge on any atom is -0.398 e. The highest BCUT2D eigenvalue weighted by Crippen LogP contribution is 2.12. The molecule has 2 rings (SSSR count). The summed E-state index contributed by atoms with van der Waals surface area (Å²) in [4.78, 5) is 16.0. The van der Waals surface area contributed by atoms with Gasteiger partial charge in [-0.25, -0.2) is 0 Å². The van der Waals surface area contributed by atoms with Crippen molar-refractivity contribution in [1.82, 2.24) is 5.32 Å². The predicted molar refractivity (Wildman–Crippen MR) is 82.0 cm³/mol. The second-order valence-corrected chi connectivity index (χ2v) is 4.40. The third-order valence-electron chi connectivity index (χ3n) is 2.91. The van der Waals surface area contributed by atoms with Gasteiger partial charge in [-0.05, 0) is 17.7 Å². The van der Waals surface area contributed by atoms with E-state index < -0.39 is 0 Å². The van der Waals surface area contributed by atoms with Gasteiger partial charge in [0, 0.05) is 36.6 Å². The third kappa shape index (κ3) is 3.45. The summed E-state index contributed by atoms with van der Waals surface area (Å²) in [5.74, 6) is -0.138. The maximum absolute atomic E-state index is 12.0. The Labute approximate surface area is 118 Å². The zero-order chi connectivity index (χ0) is 14.4. The number of aliphatic imine (C=N–C) groups is 1. The van der Waals surface area contributed by atoms with E-state index in [0.717, 1.165) is 11.1 Å². The van der Waals surface area contributed by atoms with Gasteiger partial charge in [-0.15, -0.1) is 0 Å². The van der Waals surface area contributed by atoms with Crippen LogP contribution >= 0.6 is 0 Å². The Kier molecular flexibility index (Phi) is 4.50. The number of rotatable bonds is 4. The van der Waals surface area contributed by atoms with Gasteiger partial charge in [0.25, 0.3) is 5.91 Å². The van der Waals surface area contributed by atoms with Crippen LogP contribution in [0, 0.1) is 0 Å². The first-order valence-corrected chi connectivity index (χ1v) is 6.34. The number of nitrogens with two attached hydrogens (primary N) is 1. The van der Waals surface area contributed by atoms with Crippen molar-refractivity contribution in [2.24, 2.45) is 4.99 Å². The molecule has 0 saturated heterocycles. The molecule has 0 bridgehead atoms. The van der Waals surface area contributed by atoms with Gasteiger partial charge >= 0.3 is 0 Å². The van der Waals surface area contributed by atoms with Crippen LogP contribution in [0.2, 0.25) is 0 Å². The summed E-state index contributed by atoms with van der Waals surface area (Å²) >= 11 is 0. The molecular formula is C16H17N3O. The van der Waals surface area contributed by atoms with E-state index in [1.807, 2.05) is 30.3 Å². The molecule has 0 fully saturated rings. The molecule has 0 aromatic heterocycles. The second-order valence-electron chi connectivity index (χ2n) is 4.40. The maximum Gasteiger partial charge on any atom is 0.251 e. The van der Waals surface area contributed by atoms with E-state index in [0.29, 0.717) is 17.8 Å². The van der Waals surface area contributed by atoms with Gasteiger partial charge in [0.2, 0.25) is 0 Å². The van der Waals surface area contributed by atoms with Crippen molar-refractivity contribution in [3.05, 3.63) is 65.2 Å². The Morgan fingerprint density at radius 3 is 2.65 bits per heavy atom. The number of nitrogens with one attached hydrogen (secondary N) is 1. The van der Waals surface area contributed by atoms with Gasteiger partial charge in [-0.3, -0.25) is 9.79 Å². The number of hydrogen-bond donors (Lipinski definition) is 2. The highest BCUT2D eigenvalue weighted by atomic mass is 16.1. The van der Waals surface area contributed by atoms with Crippen LogP contribution in [0.25, 0.3) is 0 Å². The van der Waals surface area contributed by atoms with Crippen molar-refractivity contribution in [3.63, 3.8) is 0 Å². The molecule has 1 amide bonds. The van der Waals surface area contributed by atoms with Crippen LogP contribution in [-0.4, -0.2) is 19.2 Å². The largest absolute Gasteiger partial charge is 0.398 e. The molecule has 0 atom stereocenters. The lowest BCUT2D eigenvalue weighted by Gasteiger charge is -2.07. The second kappa shape index (κ2) is 6.52. The van der Waals surface area contributed by atoms with E-state index in [2.05, 4.69) is 10.3 Å². The zero-order valence-electron chi connectivity index (χ0n) is 11.3. The number of nitrogens with zero attached hydrogens (tertiary/aromatic N) is 1. The monoisotopic (exact) mass is 267 g/mol. The van der Waals surface area contributed by atoms with Gasteiger partial charge in [0.1, 0.15) is 0 Å². The summed E-state index contributed by atoms with van der Waals surface area (Å²) in [6, 6.07) is 15.0. The Balaban J connectivity index is 2.04. The summed E-state index contributed by atoms with van der Waals surface area (Å²) < 4.78 is 0. The zero-order valence-corrected chi connectivity index (χ0v) is 11.3. The van der Waals surface area contributed by atoms with E-state index in [1.165, 1.54) is 0 Å². The molecule has 0 unspecified atom stereocenters. The lowest BCUT2D eigenvalue weighted by atomic mass is 10.1. The Hall–Kier alpha value is -2.62. The van der Waals surface area contributed by atoms with Crippen LogP contribution < -0.4 is 11.1 Å². The molecular weight excluding hydrogens is 250 g/mol. The number of carbonyl (C=O) groups excluding carboxylic acids is 1. The van der Waals surface area contributed by atoms with Gasteiger partial charge in [0.05, 0.1) is 0 Å².